The van der Waals surface area contributed by atoms with Gasteiger partial charge in [-0.2, -0.15) is 0 Å². The highest BCUT2D eigenvalue weighted by molar-refractivity contribution is 5.97. The molecule has 1 saturated heterocycles. The van der Waals surface area contributed by atoms with Crippen molar-refractivity contribution in [1.29, 1.82) is 0 Å². The average Bonchev–Trinajstić information content (AvgIpc) is 3.22. The molecule has 0 radical (unpaired) electrons. The van der Waals surface area contributed by atoms with Gasteiger partial charge in [-0.15, -0.1) is 0 Å². The summed E-state index contributed by atoms with van der Waals surface area (Å²) < 4.78 is 6.33. The van der Waals surface area contributed by atoms with Crippen molar-refractivity contribution in [2.24, 2.45) is 0 Å². The molecule has 1 atom stereocenters. The third-order valence-electron chi connectivity index (χ3n) is 5.52. The molecule has 1 aromatic heterocycles. The van der Waals surface area contributed by atoms with E-state index < -0.39 is 5.69 Å². The predicted octanol–water partition coefficient (Wildman–Crippen LogP) is 1.73. The van der Waals surface area contributed by atoms with E-state index in [0.29, 0.717) is 29.6 Å². The first-order valence-corrected chi connectivity index (χ1v) is 9.97. The van der Waals surface area contributed by atoms with E-state index in [4.69, 9.17) is 4.74 Å². The standard InChI is InChI=1S/C22H24N4O4/c1-3-26-21(28)18-9-4-14(12-19(18)24-22(26)29)20(27)23-15-10-11-25(13-15)16-5-7-17(30-2)8-6-16/h4-9,12,15H,3,10-11,13H2,1-2H3,(H,23,27)(H,24,29). The zero-order valence-corrected chi connectivity index (χ0v) is 17.0. The summed E-state index contributed by atoms with van der Waals surface area (Å²) in [6, 6.07) is 12.6. The fourth-order valence-electron chi connectivity index (χ4n) is 3.86. The van der Waals surface area contributed by atoms with Gasteiger partial charge in [-0.05, 0) is 55.8 Å². The van der Waals surface area contributed by atoms with Crippen molar-refractivity contribution in [3.63, 3.8) is 0 Å². The van der Waals surface area contributed by atoms with Gasteiger partial charge in [0.15, 0.2) is 0 Å². The van der Waals surface area contributed by atoms with Crippen LogP contribution in [0.4, 0.5) is 5.69 Å². The number of amides is 1. The summed E-state index contributed by atoms with van der Waals surface area (Å²) in [6.07, 6.45) is 0.837. The molecule has 1 amide bonds. The number of fused-ring (bicyclic) bond motifs is 1. The lowest BCUT2D eigenvalue weighted by Gasteiger charge is -2.19. The summed E-state index contributed by atoms with van der Waals surface area (Å²) in [7, 11) is 1.64. The van der Waals surface area contributed by atoms with Crippen LogP contribution in [0.2, 0.25) is 0 Å². The van der Waals surface area contributed by atoms with Gasteiger partial charge in [0.2, 0.25) is 0 Å². The van der Waals surface area contributed by atoms with E-state index in [1.165, 1.54) is 0 Å². The topological polar surface area (TPSA) is 96.4 Å². The van der Waals surface area contributed by atoms with E-state index in [1.54, 1.807) is 32.2 Å². The molecule has 156 valence electrons. The Morgan fingerprint density at radius 1 is 1.20 bits per heavy atom. The molecule has 1 fully saturated rings. The van der Waals surface area contributed by atoms with Gasteiger partial charge in [0.1, 0.15) is 5.75 Å². The number of rotatable bonds is 5. The van der Waals surface area contributed by atoms with Gasteiger partial charge >= 0.3 is 5.69 Å². The van der Waals surface area contributed by atoms with Crippen LogP contribution in [0.3, 0.4) is 0 Å². The highest BCUT2D eigenvalue weighted by Gasteiger charge is 2.24. The van der Waals surface area contributed by atoms with Gasteiger partial charge in [0, 0.05) is 36.9 Å². The summed E-state index contributed by atoms with van der Waals surface area (Å²) >= 11 is 0. The molecule has 1 aliphatic rings. The molecule has 1 unspecified atom stereocenters. The molecule has 1 aliphatic heterocycles. The minimum absolute atomic E-state index is 0.0161. The molecule has 4 rings (SSSR count). The van der Waals surface area contributed by atoms with Gasteiger partial charge in [-0.25, -0.2) is 4.79 Å². The maximum absolute atomic E-state index is 12.7. The van der Waals surface area contributed by atoms with E-state index in [1.807, 2.05) is 24.3 Å². The van der Waals surface area contributed by atoms with Crippen molar-refractivity contribution in [2.45, 2.75) is 25.9 Å². The maximum atomic E-state index is 12.7. The highest BCUT2D eigenvalue weighted by Crippen LogP contribution is 2.23. The number of hydrogen-bond donors (Lipinski definition) is 2. The van der Waals surface area contributed by atoms with Gasteiger partial charge in [-0.1, -0.05) is 0 Å². The van der Waals surface area contributed by atoms with Crippen LogP contribution in [0.5, 0.6) is 5.75 Å². The van der Waals surface area contributed by atoms with Crippen molar-refractivity contribution < 1.29 is 9.53 Å². The molecule has 3 aromatic rings. The molecule has 0 bridgehead atoms. The Kier molecular flexibility index (Phi) is 5.31. The maximum Gasteiger partial charge on any atom is 0.328 e. The van der Waals surface area contributed by atoms with Crippen molar-refractivity contribution in [3.8, 4) is 5.75 Å². The van der Waals surface area contributed by atoms with Crippen LogP contribution in [-0.2, 0) is 6.54 Å². The monoisotopic (exact) mass is 408 g/mol. The number of nitrogens with one attached hydrogen (secondary N) is 2. The minimum Gasteiger partial charge on any atom is -0.497 e. The van der Waals surface area contributed by atoms with E-state index in [0.717, 1.165) is 29.0 Å². The summed E-state index contributed by atoms with van der Waals surface area (Å²) in [6.45, 7) is 3.59. The van der Waals surface area contributed by atoms with Crippen LogP contribution in [0.15, 0.2) is 52.1 Å². The van der Waals surface area contributed by atoms with Crippen LogP contribution in [-0.4, -0.2) is 41.7 Å². The van der Waals surface area contributed by atoms with Crippen molar-refractivity contribution in [1.82, 2.24) is 14.9 Å². The van der Waals surface area contributed by atoms with E-state index in [-0.39, 0.29) is 17.5 Å². The van der Waals surface area contributed by atoms with Crippen molar-refractivity contribution >= 4 is 22.5 Å². The SMILES string of the molecule is CCn1c(=O)[nH]c2cc(C(=O)NC3CCN(c4ccc(OC)cc4)C3)ccc2c1=O. The third-order valence-corrected chi connectivity index (χ3v) is 5.52. The molecular weight excluding hydrogens is 384 g/mol. The van der Waals surface area contributed by atoms with Gasteiger partial charge < -0.3 is 19.9 Å². The normalized spacial score (nSPS) is 16.1. The summed E-state index contributed by atoms with van der Waals surface area (Å²) in [5.41, 5.74) is 1.04. The van der Waals surface area contributed by atoms with Crippen LogP contribution in [0.1, 0.15) is 23.7 Å². The largest absolute Gasteiger partial charge is 0.497 e. The first kappa shape index (κ1) is 19.8. The first-order valence-electron chi connectivity index (χ1n) is 9.97. The second kappa shape index (κ2) is 8.06. The molecule has 0 saturated carbocycles. The zero-order valence-electron chi connectivity index (χ0n) is 17.0. The van der Waals surface area contributed by atoms with Gasteiger partial charge in [0.05, 0.1) is 18.0 Å². The van der Waals surface area contributed by atoms with E-state index in [9.17, 15) is 14.4 Å². The number of nitrogens with zero attached hydrogens (tertiary/aromatic N) is 2. The number of methoxy groups -OCH3 is 1. The number of H-pyrrole nitrogens is 1. The number of benzene rings is 2. The van der Waals surface area contributed by atoms with Crippen LogP contribution in [0.25, 0.3) is 10.9 Å². The Bertz CT molecular complexity index is 1200. The highest BCUT2D eigenvalue weighted by atomic mass is 16.5. The predicted molar refractivity (Wildman–Crippen MR) is 116 cm³/mol. The number of anilines is 1. The molecule has 2 aromatic carbocycles. The molecule has 2 heterocycles. The molecule has 8 heteroatoms. The minimum atomic E-state index is -0.474. The Morgan fingerprint density at radius 2 is 1.97 bits per heavy atom. The fraction of sp³-hybridized carbons (Fsp3) is 0.318. The van der Waals surface area contributed by atoms with E-state index >= 15 is 0 Å². The molecule has 8 nitrogen and oxygen atoms in total. The molecule has 0 spiro atoms. The van der Waals surface area contributed by atoms with Crippen LogP contribution >= 0.6 is 0 Å². The van der Waals surface area contributed by atoms with E-state index in [2.05, 4.69) is 15.2 Å². The number of aromatic amines is 1. The van der Waals surface area contributed by atoms with Crippen molar-refractivity contribution in [3.05, 3.63) is 68.9 Å². The van der Waals surface area contributed by atoms with Crippen LogP contribution in [0, 0.1) is 0 Å². The molecule has 2 N–H and O–H groups in total. The zero-order chi connectivity index (χ0) is 21.3. The van der Waals surface area contributed by atoms with Crippen LogP contribution < -0.4 is 26.2 Å². The Hall–Kier alpha value is -3.55. The lowest BCUT2D eigenvalue weighted by Crippen LogP contribution is -2.37. The summed E-state index contributed by atoms with van der Waals surface area (Å²) in [5, 5.41) is 3.44. The Balaban J connectivity index is 1.48. The summed E-state index contributed by atoms with van der Waals surface area (Å²) in [4.78, 5) is 42.1. The van der Waals surface area contributed by atoms with Crippen molar-refractivity contribution in [2.75, 3.05) is 25.1 Å². The smallest absolute Gasteiger partial charge is 0.328 e. The number of hydrogen-bond acceptors (Lipinski definition) is 5. The summed E-state index contributed by atoms with van der Waals surface area (Å²) in [5.74, 6) is 0.585. The number of carbonyl (C=O) groups excluding carboxylic acids is 1. The lowest BCUT2D eigenvalue weighted by molar-refractivity contribution is 0.0940. The lowest BCUT2D eigenvalue weighted by atomic mass is 10.1. The number of aromatic nitrogens is 2. The Labute approximate surface area is 173 Å². The van der Waals surface area contributed by atoms with Gasteiger partial charge in [0.25, 0.3) is 11.5 Å². The number of carbonyl (C=O) groups is 1. The second-order valence-corrected chi connectivity index (χ2v) is 7.34. The fourth-order valence-corrected chi connectivity index (χ4v) is 3.86. The Morgan fingerprint density at radius 3 is 2.67 bits per heavy atom. The average molecular weight is 408 g/mol. The number of ether oxygens (including phenoxy) is 1. The molecule has 30 heavy (non-hydrogen) atoms. The van der Waals surface area contributed by atoms with Gasteiger partial charge in [-0.3, -0.25) is 14.2 Å². The second-order valence-electron chi connectivity index (χ2n) is 7.34. The first-order chi connectivity index (χ1) is 14.5. The molecule has 0 aliphatic carbocycles. The third kappa shape index (κ3) is 3.68. The quantitative estimate of drug-likeness (QED) is 0.670. The molecular formula is C22H24N4O4.